The van der Waals surface area contributed by atoms with Gasteiger partial charge in [0.05, 0.1) is 0 Å². The zero-order valence-corrected chi connectivity index (χ0v) is 11.6. The number of piperazine rings is 1. The van der Waals surface area contributed by atoms with E-state index in [1.54, 1.807) is 11.8 Å². The smallest absolute Gasteiger partial charge is 0.318 e. The fourth-order valence-electron chi connectivity index (χ4n) is 2.05. The Hall–Kier alpha value is -1.53. The molecule has 2 heterocycles. The van der Waals surface area contributed by atoms with Crippen molar-refractivity contribution in [3.8, 4) is 11.5 Å². The molecule has 0 bridgehead atoms. The molecule has 1 aromatic carbocycles. The largest absolute Gasteiger partial charge is 0.403 e. The number of aromatic nitrogens is 2. The first kappa shape index (κ1) is 12.5. The van der Waals surface area contributed by atoms with Crippen molar-refractivity contribution in [2.75, 3.05) is 37.3 Å². The number of hydrogen-bond acceptors (Lipinski definition) is 6. The van der Waals surface area contributed by atoms with Gasteiger partial charge in [-0.25, -0.2) is 0 Å². The Morgan fingerprint density at radius 1 is 1.16 bits per heavy atom. The van der Waals surface area contributed by atoms with Crippen molar-refractivity contribution in [2.24, 2.45) is 0 Å². The summed E-state index contributed by atoms with van der Waals surface area (Å²) in [6.07, 6.45) is 2.06. The predicted molar refractivity (Wildman–Crippen MR) is 76.6 cm³/mol. The molecule has 1 aliphatic heterocycles. The molecule has 0 saturated carbocycles. The SMILES string of the molecule is CSc1ccc(-c2nnc(N3CCNCC3)o2)cc1. The summed E-state index contributed by atoms with van der Waals surface area (Å²) in [6, 6.07) is 8.77. The minimum Gasteiger partial charge on any atom is -0.403 e. The molecule has 5 nitrogen and oxygen atoms in total. The van der Waals surface area contributed by atoms with Crippen LogP contribution in [-0.2, 0) is 0 Å². The van der Waals surface area contributed by atoms with E-state index in [0.29, 0.717) is 11.9 Å². The Morgan fingerprint density at radius 3 is 2.58 bits per heavy atom. The van der Waals surface area contributed by atoms with Crippen molar-refractivity contribution in [1.82, 2.24) is 15.5 Å². The van der Waals surface area contributed by atoms with E-state index in [1.807, 2.05) is 12.1 Å². The van der Waals surface area contributed by atoms with Crippen molar-refractivity contribution < 1.29 is 4.42 Å². The van der Waals surface area contributed by atoms with Gasteiger partial charge in [-0.05, 0) is 30.5 Å². The highest BCUT2D eigenvalue weighted by Gasteiger charge is 2.17. The Morgan fingerprint density at radius 2 is 1.89 bits per heavy atom. The van der Waals surface area contributed by atoms with Crippen LogP contribution in [0.15, 0.2) is 33.6 Å². The van der Waals surface area contributed by atoms with Crippen LogP contribution < -0.4 is 10.2 Å². The molecule has 2 aromatic rings. The maximum Gasteiger partial charge on any atom is 0.318 e. The third kappa shape index (κ3) is 2.74. The first-order valence-corrected chi connectivity index (χ1v) is 7.53. The Bertz CT molecular complexity index is 534. The maximum absolute atomic E-state index is 5.75. The molecule has 0 unspecified atom stereocenters. The average molecular weight is 276 g/mol. The van der Waals surface area contributed by atoms with Gasteiger partial charge in [0.2, 0.25) is 5.89 Å². The first-order valence-electron chi connectivity index (χ1n) is 6.30. The van der Waals surface area contributed by atoms with E-state index in [4.69, 9.17) is 4.42 Å². The Balaban J connectivity index is 1.79. The van der Waals surface area contributed by atoms with Crippen LogP contribution in [0.2, 0.25) is 0 Å². The topological polar surface area (TPSA) is 54.2 Å². The number of hydrogen-bond donors (Lipinski definition) is 1. The molecule has 1 aromatic heterocycles. The molecule has 19 heavy (non-hydrogen) atoms. The summed E-state index contributed by atoms with van der Waals surface area (Å²) in [5, 5.41) is 11.6. The Labute approximate surface area is 116 Å². The van der Waals surface area contributed by atoms with E-state index in [9.17, 15) is 0 Å². The highest BCUT2D eigenvalue weighted by Crippen LogP contribution is 2.24. The predicted octanol–water partition coefficient (Wildman–Crippen LogP) is 1.87. The molecule has 1 N–H and O–H groups in total. The van der Waals surface area contributed by atoms with Gasteiger partial charge in [0, 0.05) is 36.6 Å². The number of anilines is 1. The van der Waals surface area contributed by atoms with Crippen LogP contribution >= 0.6 is 11.8 Å². The molecule has 0 aliphatic carbocycles. The highest BCUT2D eigenvalue weighted by atomic mass is 32.2. The van der Waals surface area contributed by atoms with E-state index in [1.165, 1.54) is 4.90 Å². The lowest BCUT2D eigenvalue weighted by Gasteiger charge is -2.24. The van der Waals surface area contributed by atoms with Gasteiger partial charge < -0.3 is 14.6 Å². The molecular weight excluding hydrogens is 260 g/mol. The van der Waals surface area contributed by atoms with Gasteiger partial charge in [-0.15, -0.1) is 16.9 Å². The minimum atomic E-state index is 0.584. The molecule has 6 heteroatoms. The van der Waals surface area contributed by atoms with Gasteiger partial charge in [0.1, 0.15) is 0 Å². The lowest BCUT2D eigenvalue weighted by atomic mass is 10.2. The lowest BCUT2D eigenvalue weighted by molar-refractivity contribution is 0.505. The zero-order chi connectivity index (χ0) is 13.1. The summed E-state index contributed by atoms with van der Waals surface area (Å²) < 4.78 is 5.75. The second-order valence-electron chi connectivity index (χ2n) is 4.36. The molecule has 0 spiro atoms. The molecule has 1 aliphatic rings. The van der Waals surface area contributed by atoms with Gasteiger partial charge in [-0.1, -0.05) is 5.10 Å². The summed E-state index contributed by atoms with van der Waals surface area (Å²) in [5.41, 5.74) is 0.965. The van der Waals surface area contributed by atoms with Crippen LogP contribution in [0.5, 0.6) is 0 Å². The summed E-state index contributed by atoms with van der Waals surface area (Å²) in [7, 11) is 0. The molecule has 0 amide bonds. The van der Waals surface area contributed by atoms with E-state index >= 15 is 0 Å². The maximum atomic E-state index is 5.75. The third-order valence-electron chi connectivity index (χ3n) is 3.14. The van der Waals surface area contributed by atoms with E-state index in [0.717, 1.165) is 31.7 Å². The molecule has 0 atom stereocenters. The van der Waals surface area contributed by atoms with Gasteiger partial charge in [-0.3, -0.25) is 0 Å². The van der Waals surface area contributed by atoms with Gasteiger partial charge in [0.25, 0.3) is 0 Å². The van der Waals surface area contributed by atoms with Crippen LogP contribution in [-0.4, -0.2) is 42.6 Å². The number of nitrogens with zero attached hydrogens (tertiary/aromatic N) is 3. The molecule has 1 saturated heterocycles. The fraction of sp³-hybridized carbons (Fsp3) is 0.385. The van der Waals surface area contributed by atoms with Gasteiger partial charge in [-0.2, -0.15) is 0 Å². The standard InChI is InChI=1S/C13H16N4OS/c1-19-11-4-2-10(3-5-11)12-15-16-13(18-12)17-8-6-14-7-9-17/h2-5,14H,6-9H2,1H3. The normalized spacial score (nSPS) is 15.7. The van der Waals surface area contributed by atoms with Crippen molar-refractivity contribution >= 4 is 17.8 Å². The average Bonchev–Trinajstić information content (AvgIpc) is 2.98. The number of rotatable bonds is 3. The van der Waals surface area contributed by atoms with Gasteiger partial charge >= 0.3 is 6.01 Å². The fourth-order valence-corrected chi connectivity index (χ4v) is 2.46. The second kappa shape index (κ2) is 5.63. The van der Waals surface area contributed by atoms with Crippen LogP contribution in [0.1, 0.15) is 0 Å². The lowest BCUT2D eigenvalue weighted by Crippen LogP contribution is -2.43. The molecule has 3 rings (SSSR count). The molecular formula is C13H16N4OS. The van der Waals surface area contributed by atoms with E-state index in [2.05, 4.69) is 38.8 Å². The van der Waals surface area contributed by atoms with Crippen LogP contribution in [0.3, 0.4) is 0 Å². The van der Waals surface area contributed by atoms with E-state index in [-0.39, 0.29) is 0 Å². The second-order valence-corrected chi connectivity index (χ2v) is 5.23. The van der Waals surface area contributed by atoms with Crippen LogP contribution in [0.25, 0.3) is 11.5 Å². The molecule has 0 radical (unpaired) electrons. The van der Waals surface area contributed by atoms with Crippen molar-refractivity contribution in [2.45, 2.75) is 4.90 Å². The summed E-state index contributed by atoms with van der Waals surface area (Å²) in [4.78, 5) is 3.34. The van der Waals surface area contributed by atoms with Crippen molar-refractivity contribution in [3.05, 3.63) is 24.3 Å². The summed E-state index contributed by atoms with van der Waals surface area (Å²) in [5.74, 6) is 0.584. The molecule has 100 valence electrons. The minimum absolute atomic E-state index is 0.584. The van der Waals surface area contributed by atoms with Crippen molar-refractivity contribution in [1.29, 1.82) is 0 Å². The first-order chi connectivity index (χ1) is 9.36. The summed E-state index contributed by atoms with van der Waals surface area (Å²) in [6.45, 7) is 3.74. The van der Waals surface area contributed by atoms with Crippen LogP contribution in [0.4, 0.5) is 6.01 Å². The van der Waals surface area contributed by atoms with Crippen LogP contribution in [0, 0.1) is 0 Å². The highest BCUT2D eigenvalue weighted by molar-refractivity contribution is 7.98. The van der Waals surface area contributed by atoms with Gasteiger partial charge in [0.15, 0.2) is 0 Å². The monoisotopic (exact) mass is 276 g/mol. The van der Waals surface area contributed by atoms with Crippen molar-refractivity contribution in [3.63, 3.8) is 0 Å². The van der Waals surface area contributed by atoms with E-state index < -0.39 is 0 Å². The quantitative estimate of drug-likeness (QED) is 0.864. The zero-order valence-electron chi connectivity index (χ0n) is 10.8. The Kier molecular flexibility index (Phi) is 3.70. The number of thioether (sulfide) groups is 1. The third-order valence-corrected chi connectivity index (χ3v) is 3.88. The number of nitrogens with one attached hydrogen (secondary N) is 1. The summed E-state index contributed by atoms with van der Waals surface area (Å²) >= 11 is 1.72. The molecule has 1 fully saturated rings. The number of benzene rings is 1.